The zero-order valence-corrected chi connectivity index (χ0v) is 14.9. The van der Waals surface area contributed by atoms with Gasteiger partial charge in [0.2, 0.25) is 5.95 Å². The lowest BCUT2D eigenvalue weighted by molar-refractivity contribution is 0.122. The Labute approximate surface area is 152 Å². The molecule has 0 spiro atoms. The quantitative estimate of drug-likeness (QED) is 0.824. The van der Waals surface area contributed by atoms with Crippen LogP contribution in [0.25, 0.3) is 0 Å². The van der Waals surface area contributed by atoms with Crippen molar-refractivity contribution in [3.05, 3.63) is 35.9 Å². The first-order valence-corrected chi connectivity index (χ1v) is 8.99. The Kier molecular flexibility index (Phi) is 4.83. The monoisotopic (exact) mass is 358 g/mol. The van der Waals surface area contributed by atoms with E-state index >= 15 is 0 Å². The molecule has 0 unspecified atom stereocenters. The van der Waals surface area contributed by atoms with Crippen molar-refractivity contribution in [1.82, 2.24) is 15.0 Å². The molecule has 0 saturated carbocycles. The highest BCUT2D eigenvalue weighted by Crippen LogP contribution is 2.22. The molecule has 2 aromatic rings. The predicted octanol–water partition coefficient (Wildman–Crippen LogP) is 1.48. The molecule has 0 radical (unpaired) electrons. The standard InChI is InChI=1S/C18H23FN6O/c1-14-13-16(23-9-11-26-12-10-23)22-18(21-14)25-7-5-24(6-8-25)17-15(19)3-2-4-20-17/h2-4,13H,5-12H2,1H3. The number of aromatic nitrogens is 3. The zero-order valence-electron chi connectivity index (χ0n) is 14.9. The number of halogens is 1. The van der Waals surface area contributed by atoms with Gasteiger partial charge in [0.25, 0.3) is 0 Å². The van der Waals surface area contributed by atoms with E-state index in [1.165, 1.54) is 6.07 Å². The van der Waals surface area contributed by atoms with Gasteiger partial charge in [-0.25, -0.2) is 14.4 Å². The Balaban J connectivity index is 1.47. The highest BCUT2D eigenvalue weighted by Gasteiger charge is 2.23. The summed E-state index contributed by atoms with van der Waals surface area (Å²) in [5.74, 6) is 1.84. The number of piperazine rings is 1. The van der Waals surface area contributed by atoms with Gasteiger partial charge in [-0.1, -0.05) is 0 Å². The number of hydrogen-bond acceptors (Lipinski definition) is 7. The third kappa shape index (κ3) is 3.55. The Hall–Kier alpha value is -2.48. The number of ether oxygens (including phenoxy) is 1. The molecule has 0 N–H and O–H groups in total. The fourth-order valence-electron chi connectivity index (χ4n) is 3.36. The van der Waals surface area contributed by atoms with E-state index < -0.39 is 0 Å². The van der Waals surface area contributed by atoms with Crippen LogP contribution in [0, 0.1) is 12.7 Å². The van der Waals surface area contributed by atoms with E-state index in [9.17, 15) is 4.39 Å². The Morgan fingerprint density at radius 1 is 0.962 bits per heavy atom. The van der Waals surface area contributed by atoms with Crippen molar-refractivity contribution < 1.29 is 9.13 Å². The molecule has 0 aromatic carbocycles. The highest BCUT2D eigenvalue weighted by atomic mass is 19.1. The second-order valence-electron chi connectivity index (χ2n) is 6.55. The van der Waals surface area contributed by atoms with Gasteiger partial charge in [0.05, 0.1) is 13.2 Å². The van der Waals surface area contributed by atoms with E-state index in [1.807, 2.05) is 17.9 Å². The summed E-state index contributed by atoms with van der Waals surface area (Å²) in [5.41, 5.74) is 0.953. The maximum Gasteiger partial charge on any atom is 0.227 e. The first kappa shape index (κ1) is 17.0. The topological polar surface area (TPSA) is 57.6 Å². The van der Waals surface area contributed by atoms with Crippen LogP contribution < -0.4 is 14.7 Å². The summed E-state index contributed by atoms with van der Waals surface area (Å²) in [7, 11) is 0. The van der Waals surface area contributed by atoms with Crippen molar-refractivity contribution in [2.45, 2.75) is 6.92 Å². The summed E-state index contributed by atoms with van der Waals surface area (Å²) in [6.45, 7) is 8.01. The van der Waals surface area contributed by atoms with Gasteiger partial charge in [-0.2, -0.15) is 4.98 Å². The zero-order chi connectivity index (χ0) is 17.9. The Morgan fingerprint density at radius 3 is 2.42 bits per heavy atom. The summed E-state index contributed by atoms with van der Waals surface area (Å²) in [5, 5.41) is 0. The number of anilines is 3. The number of morpholine rings is 1. The minimum absolute atomic E-state index is 0.276. The average Bonchev–Trinajstić information content (AvgIpc) is 2.69. The molecule has 7 nitrogen and oxygen atoms in total. The van der Waals surface area contributed by atoms with Crippen LogP contribution in [-0.2, 0) is 4.74 Å². The Morgan fingerprint density at radius 2 is 1.69 bits per heavy atom. The van der Waals surface area contributed by atoms with Gasteiger partial charge >= 0.3 is 0 Å². The molecule has 2 aliphatic rings. The van der Waals surface area contributed by atoms with Gasteiger partial charge in [-0.3, -0.25) is 0 Å². The van der Waals surface area contributed by atoms with Crippen LogP contribution in [-0.4, -0.2) is 67.4 Å². The predicted molar refractivity (Wildman–Crippen MR) is 98.4 cm³/mol. The summed E-state index contributed by atoms with van der Waals surface area (Å²) in [4.78, 5) is 19.9. The average molecular weight is 358 g/mol. The first-order chi connectivity index (χ1) is 12.7. The van der Waals surface area contributed by atoms with Crippen LogP contribution in [0.1, 0.15) is 5.69 Å². The molecule has 8 heteroatoms. The molecule has 0 bridgehead atoms. The fourth-order valence-corrected chi connectivity index (χ4v) is 3.36. The first-order valence-electron chi connectivity index (χ1n) is 8.99. The van der Waals surface area contributed by atoms with Crippen LogP contribution in [0.4, 0.5) is 22.0 Å². The number of pyridine rings is 1. The molecular weight excluding hydrogens is 335 g/mol. The maximum atomic E-state index is 13.9. The molecule has 0 amide bonds. The number of aryl methyl sites for hydroxylation is 1. The van der Waals surface area contributed by atoms with Gasteiger partial charge in [0, 0.05) is 57.2 Å². The van der Waals surface area contributed by atoms with Crippen molar-refractivity contribution >= 4 is 17.6 Å². The molecule has 138 valence electrons. The molecule has 2 aromatic heterocycles. The number of rotatable bonds is 3. The van der Waals surface area contributed by atoms with Gasteiger partial charge in [-0.15, -0.1) is 0 Å². The lowest BCUT2D eigenvalue weighted by Crippen LogP contribution is -2.48. The summed E-state index contributed by atoms with van der Waals surface area (Å²) in [6, 6.07) is 5.09. The molecule has 4 rings (SSSR count). The van der Waals surface area contributed by atoms with Crippen molar-refractivity contribution in [3.8, 4) is 0 Å². The van der Waals surface area contributed by atoms with Crippen LogP contribution in [0.3, 0.4) is 0 Å². The third-order valence-electron chi connectivity index (χ3n) is 4.77. The molecular formula is C18H23FN6O. The lowest BCUT2D eigenvalue weighted by Gasteiger charge is -2.36. The van der Waals surface area contributed by atoms with E-state index in [4.69, 9.17) is 9.72 Å². The molecule has 0 aliphatic carbocycles. The summed E-state index contributed by atoms with van der Waals surface area (Å²) < 4.78 is 19.4. The van der Waals surface area contributed by atoms with E-state index in [2.05, 4.69) is 19.8 Å². The largest absolute Gasteiger partial charge is 0.378 e. The molecule has 2 aliphatic heterocycles. The molecule has 2 saturated heterocycles. The fraction of sp³-hybridized carbons (Fsp3) is 0.500. The van der Waals surface area contributed by atoms with Crippen molar-refractivity contribution in [3.63, 3.8) is 0 Å². The number of nitrogens with zero attached hydrogens (tertiary/aromatic N) is 6. The third-order valence-corrected chi connectivity index (χ3v) is 4.77. The smallest absolute Gasteiger partial charge is 0.227 e. The summed E-state index contributed by atoms with van der Waals surface area (Å²) >= 11 is 0. The van der Waals surface area contributed by atoms with Gasteiger partial charge < -0.3 is 19.4 Å². The highest BCUT2D eigenvalue weighted by molar-refractivity contribution is 5.48. The van der Waals surface area contributed by atoms with Crippen molar-refractivity contribution in [1.29, 1.82) is 0 Å². The number of hydrogen-bond donors (Lipinski definition) is 0. The van der Waals surface area contributed by atoms with Crippen LogP contribution in [0.2, 0.25) is 0 Å². The van der Waals surface area contributed by atoms with E-state index in [0.29, 0.717) is 18.9 Å². The van der Waals surface area contributed by atoms with Crippen LogP contribution >= 0.6 is 0 Å². The second-order valence-corrected chi connectivity index (χ2v) is 6.55. The minimum atomic E-state index is -0.276. The van der Waals surface area contributed by atoms with Gasteiger partial charge in [-0.05, 0) is 19.1 Å². The summed E-state index contributed by atoms with van der Waals surface area (Å²) in [6.07, 6.45) is 1.63. The van der Waals surface area contributed by atoms with Crippen molar-refractivity contribution in [2.24, 2.45) is 0 Å². The Bertz CT molecular complexity index is 759. The van der Waals surface area contributed by atoms with E-state index in [-0.39, 0.29) is 5.82 Å². The molecule has 26 heavy (non-hydrogen) atoms. The van der Waals surface area contributed by atoms with Gasteiger partial charge in [0.1, 0.15) is 5.82 Å². The SMILES string of the molecule is Cc1cc(N2CCOCC2)nc(N2CCN(c3ncccc3F)CC2)n1. The molecule has 2 fully saturated rings. The van der Waals surface area contributed by atoms with Crippen LogP contribution in [0.15, 0.2) is 24.4 Å². The van der Waals surface area contributed by atoms with E-state index in [0.717, 1.165) is 56.9 Å². The normalized spacial score (nSPS) is 18.3. The molecule has 4 heterocycles. The van der Waals surface area contributed by atoms with Gasteiger partial charge in [0.15, 0.2) is 11.6 Å². The van der Waals surface area contributed by atoms with E-state index in [1.54, 1.807) is 12.3 Å². The van der Waals surface area contributed by atoms with Crippen molar-refractivity contribution in [2.75, 3.05) is 67.2 Å². The second kappa shape index (κ2) is 7.41. The lowest BCUT2D eigenvalue weighted by atomic mass is 10.3. The molecule has 0 atom stereocenters. The van der Waals surface area contributed by atoms with Crippen LogP contribution in [0.5, 0.6) is 0 Å². The minimum Gasteiger partial charge on any atom is -0.378 e. The maximum absolute atomic E-state index is 13.9.